The average Bonchev–Trinajstić information content (AvgIpc) is 2.97. The third-order valence-corrected chi connectivity index (χ3v) is 17.0. The predicted molar refractivity (Wildman–Crippen MR) is 182 cm³/mol. The zero-order valence-corrected chi connectivity index (χ0v) is 33.6. The van der Waals surface area contributed by atoms with E-state index in [-0.39, 0.29) is 73.9 Å². The summed E-state index contributed by atoms with van der Waals surface area (Å²) in [7, 11) is 0. The number of esters is 1. The first-order valence-electron chi connectivity index (χ1n) is 16.8. The van der Waals surface area contributed by atoms with Crippen molar-refractivity contribution in [3.05, 3.63) is 59.7 Å². The molecule has 240 valence electrons. The van der Waals surface area contributed by atoms with E-state index >= 15 is 0 Å². The fourth-order valence-corrected chi connectivity index (χ4v) is 11.7. The number of rotatable bonds is 5. The van der Waals surface area contributed by atoms with E-state index in [1.54, 1.807) is 0 Å². The molecule has 0 N–H and O–H groups in total. The van der Waals surface area contributed by atoms with Gasteiger partial charge in [-0.25, -0.2) is 0 Å². The Labute approximate surface area is 297 Å². The number of benzene rings is 1. The second-order valence-corrected chi connectivity index (χ2v) is 18.8. The molecule has 1 aromatic rings. The van der Waals surface area contributed by atoms with Gasteiger partial charge in [-0.15, -0.1) is 0 Å². The number of ether oxygens (including phenoxy) is 1. The zero-order chi connectivity index (χ0) is 32.0. The molecule has 7 atom stereocenters. The normalized spacial score (nSPS) is 40.9. The SMILES string of the molecule is CC1(C)CC[C@]2(CCC(=O)OCc3ccccc3)CC[C@]3(C)C(C(=O)C=C4[C@@]5(C)C=[C-]C(=O)C(C)(C)[C@]5(I)CC[C@]43C)C2C1.[Zn]. The molecule has 45 heavy (non-hydrogen) atoms. The molecule has 0 spiro atoms. The number of allylic oxidation sites excluding steroid dienone is 4. The monoisotopic (exact) mass is 773 g/mol. The topological polar surface area (TPSA) is 60.4 Å². The van der Waals surface area contributed by atoms with E-state index in [4.69, 9.17) is 4.74 Å². The molecule has 1 aromatic carbocycles. The van der Waals surface area contributed by atoms with Gasteiger partial charge in [-0.05, 0) is 102 Å². The van der Waals surface area contributed by atoms with Crippen LogP contribution in [0.25, 0.3) is 0 Å². The van der Waals surface area contributed by atoms with Crippen LogP contribution in [0, 0.1) is 50.4 Å². The second-order valence-electron chi connectivity index (χ2n) is 16.9. The molecule has 6 heteroatoms. The van der Waals surface area contributed by atoms with Gasteiger partial charge in [0.1, 0.15) is 6.61 Å². The van der Waals surface area contributed by atoms with Crippen LogP contribution in [0.4, 0.5) is 0 Å². The Morgan fingerprint density at radius 1 is 0.933 bits per heavy atom. The summed E-state index contributed by atoms with van der Waals surface area (Å²) in [6.07, 6.45) is 15.5. The number of halogens is 1. The van der Waals surface area contributed by atoms with Gasteiger partial charge in [0.25, 0.3) is 0 Å². The molecule has 5 aliphatic carbocycles. The van der Waals surface area contributed by atoms with Crippen molar-refractivity contribution in [1.82, 2.24) is 0 Å². The molecule has 0 amide bonds. The number of Topliss-reactive ketones (excluding diaryl/α,β-unsaturated/α-hetero) is 1. The summed E-state index contributed by atoms with van der Waals surface area (Å²) in [5, 5.41) is 0. The summed E-state index contributed by atoms with van der Waals surface area (Å²) in [6, 6.07) is 9.87. The summed E-state index contributed by atoms with van der Waals surface area (Å²) in [6.45, 7) is 16.3. The van der Waals surface area contributed by atoms with Gasteiger partial charge >= 0.3 is 5.97 Å². The Morgan fingerprint density at radius 2 is 1.60 bits per heavy atom. The quantitative estimate of drug-likeness (QED) is 0.0985. The maximum atomic E-state index is 14.7. The maximum Gasteiger partial charge on any atom is 0.306 e. The molecular weight excluding hydrogens is 725 g/mol. The molecule has 3 fully saturated rings. The van der Waals surface area contributed by atoms with E-state index in [1.165, 1.54) is 5.57 Å². The average molecular weight is 775 g/mol. The Hall–Kier alpha value is -1.14. The molecule has 0 bridgehead atoms. The molecule has 5 aliphatic rings. The van der Waals surface area contributed by atoms with E-state index < -0.39 is 10.8 Å². The summed E-state index contributed by atoms with van der Waals surface area (Å²) >= 11 is 2.57. The molecular formula is C39H50IO4Zn-. The van der Waals surface area contributed by atoms with Crippen LogP contribution in [-0.2, 0) is 45.2 Å². The number of fused-ring (bicyclic) bond motifs is 7. The van der Waals surface area contributed by atoms with Gasteiger partial charge < -0.3 is 15.6 Å². The van der Waals surface area contributed by atoms with Crippen LogP contribution in [0.1, 0.15) is 112 Å². The minimum Gasteiger partial charge on any atom is -0.461 e. The van der Waals surface area contributed by atoms with E-state index in [0.717, 1.165) is 56.9 Å². The van der Waals surface area contributed by atoms with Crippen molar-refractivity contribution in [2.75, 3.05) is 0 Å². The van der Waals surface area contributed by atoms with Crippen LogP contribution in [0.5, 0.6) is 0 Å². The fourth-order valence-electron chi connectivity index (χ4n) is 10.8. The maximum absolute atomic E-state index is 14.7. The first-order valence-corrected chi connectivity index (χ1v) is 17.8. The number of hydrogen-bond donors (Lipinski definition) is 0. The van der Waals surface area contributed by atoms with E-state index in [1.807, 2.05) is 42.5 Å². The molecule has 0 aliphatic heterocycles. The molecule has 0 aromatic heterocycles. The van der Waals surface area contributed by atoms with E-state index in [9.17, 15) is 14.4 Å². The zero-order valence-electron chi connectivity index (χ0n) is 28.5. The van der Waals surface area contributed by atoms with Gasteiger partial charge in [-0.1, -0.05) is 107 Å². The minimum absolute atomic E-state index is 0. The summed E-state index contributed by atoms with van der Waals surface area (Å²) in [5.74, 6) is 0.360. The van der Waals surface area contributed by atoms with Crippen molar-refractivity contribution in [3.63, 3.8) is 0 Å². The minimum atomic E-state index is -0.565. The number of hydrogen-bond acceptors (Lipinski definition) is 4. The molecule has 2 unspecified atom stereocenters. The van der Waals surface area contributed by atoms with E-state index in [0.29, 0.717) is 13.0 Å². The van der Waals surface area contributed by atoms with Crippen LogP contribution >= 0.6 is 22.6 Å². The smallest absolute Gasteiger partial charge is 0.306 e. The van der Waals surface area contributed by atoms with Gasteiger partial charge in [0, 0.05) is 40.7 Å². The number of ketones is 2. The van der Waals surface area contributed by atoms with Gasteiger partial charge in [0.05, 0.1) is 0 Å². The molecule has 0 heterocycles. The number of carbonyl (C=O) groups excluding carboxylic acids is 3. The predicted octanol–water partition coefficient (Wildman–Crippen LogP) is 9.19. The van der Waals surface area contributed by atoms with Crippen LogP contribution in [0.15, 0.2) is 48.1 Å². The van der Waals surface area contributed by atoms with Gasteiger partial charge in [0.2, 0.25) is 0 Å². The third-order valence-electron chi connectivity index (χ3n) is 14.0. The van der Waals surface area contributed by atoms with Gasteiger partial charge in [-0.3, -0.25) is 15.7 Å². The van der Waals surface area contributed by atoms with Gasteiger partial charge in [-0.2, -0.15) is 0 Å². The summed E-state index contributed by atoms with van der Waals surface area (Å²) < 4.78 is 5.40. The molecule has 0 saturated heterocycles. The second kappa shape index (κ2) is 11.5. The Bertz CT molecular complexity index is 1450. The van der Waals surface area contributed by atoms with Crippen molar-refractivity contribution < 1.29 is 38.6 Å². The van der Waals surface area contributed by atoms with Crippen LogP contribution in [-0.4, -0.2) is 21.0 Å². The molecule has 3 saturated carbocycles. The molecule has 6 rings (SSSR count). The Balaban J connectivity index is 0.00000400. The molecule has 0 radical (unpaired) electrons. The van der Waals surface area contributed by atoms with E-state index in [2.05, 4.69) is 77.1 Å². The van der Waals surface area contributed by atoms with Crippen molar-refractivity contribution in [2.45, 2.75) is 116 Å². The van der Waals surface area contributed by atoms with Crippen molar-refractivity contribution in [1.29, 1.82) is 0 Å². The summed E-state index contributed by atoms with van der Waals surface area (Å²) in [4.78, 5) is 40.9. The first kappa shape index (κ1) is 35.2. The van der Waals surface area contributed by atoms with Crippen molar-refractivity contribution >= 4 is 40.1 Å². The van der Waals surface area contributed by atoms with Gasteiger partial charge in [0.15, 0.2) is 5.78 Å². The number of carbonyl (C=O) groups is 3. The van der Waals surface area contributed by atoms with Crippen molar-refractivity contribution in [2.24, 2.45) is 44.3 Å². The van der Waals surface area contributed by atoms with Crippen LogP contribution < -0.4 is 0 Å². The van der Waals surface area contributed by atoms with Crippen molar-refractivity contribution in [3.8, 4) is 0 Å². The van der Waals surface area contributed by atoms with Crippen LogP contribution in [0.3, 0.4) is 0 Å². The fraction of sp³-hybridized carbons (Fsp3) is 0.667. The van der Waals surface area contributed by atoms with Crippen LogP contribution in [0.2, 0.25) is 0 Å². The standard InChI is InChI=1S/C39H50IO4.Zn/c1-33(2)17-20-38(16-14-31(43)44-25-26-11-9-8-10-12-26)21-18-37(7)32(27(38)24-33)28(41)23-29-35(37,5)19-22-39(40)34(3,4)30(42)13-15-36(29,39)6;/h8-12,15,23,27,32H,14,16-22,24-25H2,1-7H3;/q-1;/t27?,32?,35-,36-,37-,38-,39-;/m1./s1. The summed E-state index contributed by atoms with van der Waals surface area (Å²) in [5.41, 5.74) is 1.01. The Morgan fingerprint density at radius 3 is 2.29 bits per heavy atom. The Kier molecular flexibility index (Phi) is 8.98. The first-order chi connectivity index (χ1) is 20.4. The third kappa shape index (κ3) is 5.07. The largest absolute Gasteiger partial charge is 0.461 e. The molecule has 4 nitrogen and oxygen atoms in total. The number of alkyl halides is 1.